The quantitative estimate of drug-likeness (QED) is 0.450. The van der Waals surface area contributed by atoms with E-state index in [9.17, 15) is 27.6 Å². The molecule has 0 spiro atoms. The first kappa shape index (κ1) is 27.0. The SMILES string of the molecule is C#CCO[C@H]1C[C@H](n2cc(C(F)(F)F)c(=O)n(C(C)=O)c2=O)O[C@@H]1CO[Si](C)(C)C(C)(C)C. The Labute approximate surface area is 190 Å². The van der Waals surface area contributed by atoms with Crippen LogP contribution in [0.2, 0.25) is 18.1 Å². The number of alkyl halides is 3. The Hall–Kier alpha value is -2.20. The molecule has 0 unspecified atom stereocenters. The lowest BCUT2D eigenvalue weighted by atomic mass is 10.2. The molecule has 0 amide bonds. The van der Waals surface area contributed by atoms with Crippen LogP contribution in [0.1, 0.15) is 50.7 Å². The van der Waals surface area contributed by atoms with Crippen LogP contribution < -0.4 is 11.2 Å². The Morgan fingerprint density at radius 2 is 1.91 bits per heavy atom. The van der Waals surface area contributed by atoms with E-state index in [1.807, 2.05) is 33.9 Å². The summed E-state index contributed by atoms with van der Waals surface area (Å²) in [7, 11) is -2.19. The van der Waals surface area contributed by atoms with Crippen molar-refractivity contribution in [2.24, 2.45) is 0 Å². The van der Waals surface area contributed by atoms with Gasteiger partial charge >= 0.3 is 11.9 Å². The van der Waals surface area contributed by atoms with E-state index in [1.165, 1.54) is 0 Å². The van der Waals surface area contributed by atoms with Crippen molar-refractivity contribution >= 4 is 14.2 Å². The maximum absolute atomic E-state index is 13.4. The first-order valence-electron chi connectivity index (χ1n) is 10.3. The molecule has 1 aromatic heterocycles. The molecule has 0 radical (unpaired) electrons. The highest BCUT2D eigenvalue weighted by Crippen LogP contribution is 2.38. The highest BCUT2D eigenvalue weighted by atomic mass is 28.4. The number of carbonyl (C=O) groups is 1. The molecular formula is C21H29F3N2O6Si. The molecule has 0 N–H and O–H groups in total. The topological polar surface area (TPSA) is 88.8 Å². The van der Waals surface area contributed by atoms with Gasteiger partial charge in [0.25, 0.3) is 5.56 Å². The summed E-state index contributed by atoms with van der Waals surface area (Å²) in [6, 6.07) is 0. The van der Waals surface area contributed by atoms with E-state index in [4.69, 9.17) is 20.3 Å². The number of terminal acetylenes is 1. The fourth-order valence-corrected chi connectivity index (χ4v) is 4.12. The summed E-state index contributed by atoms with van der Waals surface area (Å²) in [6.07, 6.45) is -2.08. The highest BCUT2D eigenvalue weighted by molar-refractivity contribution is 6.74. The van der Waals surface area contributed by atoms with Crippen LogP contribution in [0.25, 0.3) is 0 Å². The van der Waals surface area contributed by atoms with Crippen molar-refractivity contribution in [1.29, 1.82) is 0 Å². The van der Waals surface area contributed by atoms with Crippen LogP contribution in [-0.2, 0) is 20.1 Å². The van der Waals surface area contributed by atoms with Gasteiger partial charge in [-0.1, -0.05) is 26.7 Å². The molecule has 2 rings (SSSR count). The fourth-order valence-electron chi connectivity index (χ4n) is 3.11. The van der Waals surface area contributed by atoms with Crippen LogP contribution in [0, 0.1) is 12.3 Å². The molecule has 1 aliphatic heterocycles. The van der Waals surface area contributed by atoms with Crippen molar-refractivity contribution in [3.8, 4) is 12.3 Å². The number of hydrogen-bond donors (Lipinski definition) is 0. The Balaban J connectivity index is 2.46. The zero-order valence-corrected chi connectivity index (χ0v) is 20.5. The van der Waals surface area contributed by atoms with Gasteiger partial charge in [-0.15, -0.1) is 6.42 Å². The first-order chi connectivity index (χ1) is 15.0. The maximum atomic E-state index is 13.4. The molecule has 0 saturated carbocycles. The molecule has 1 aliphatic rings. The zero-order chi connectivity index (χ0) is 25.4. The summed E-state index contributed by atoms with van der Waals surface area (Å²) in [5, 5.41) is -0.101. The van der Waals surface area contributed by atoms with Gasteiger partial charge < -0.3 is 13.9 Å². The summed E-state index contributed by atoms with van der Waals surface area (Å²) in [4.78, 5) is 36.7. The smallest absolute Gasteiger partial charge is 0.414 e. The van der Waals surface area contributed by atoms with Gasteiger partial charge in [0.15, 0.2) is 8.32 Å². The van der Waals surface area contributed by atoms with Crippen LogP contribution in [0.15, 0.2) is 15.8 Å². The van der Waals surface area contributed by atoms with Crippen molar-refractivity contribution < 1.29 is 31.9 Å². The predicted molar refractivity (Wildman–Crippen MR) is 117 cm³/mol. The second-order valence-electron chi connectivity index (χ2n) is 9.38. The number of hydrogen-bond acceptors (Lipinski definition) is 6. The molecule has 1 aromatic rings. The average molecular weight is 491 g/mol. The van der Waals surface area contributed by atoms with Gasteiger partial charge in [0, 0.05) is 19.5 Å². The van der Waals surface area contributed by atoms with Crippen molar-refractivity contribution in [3.63, 3.8) is 0 Å². The second-order valence-corrected chi connectivity index (χ2v) is 14.2. The van der Waals surface area contributed by atoms with Gasteiger partial charge in [-0.3, -0.25) is 14.2 Å². The Morgan fingerprint density at radius 3 is 2.39 bits per heavy atom. The van der Waals surface area contributed by atoms with Gasteiger partial charge in [-0.2, -0.15) is 17.7 Å². The minimum absolute atomic E-state index is 0.0273. The molecule has 33 heavy (non-hydrogen) atoms. The Kier molecular flexibility index (Phi) is 7.85. The summed E-state index contributed by atoms with van der Waals surface area (Å²) in [6.45, 7) is 11.0. The van der Waals surface area contributed by atoms with Gasteiger partial charge in [-0.25, -0.2) is 4.79 Å². The van der Waals surface area contributed by atoms with Crippen molar-refractivity contribution in [3.05, 3.63) is 32.6 Å². The molecule has 3 atom stereocenters. The van der Waals surface area contributed by atoms with Gasteiger partial charge in [0.2, 0.25) is 5.91 Å². The third-order valence-electron chi connectivity index (χ3n) is 6.02. The van der Waals surface area contributed by atoms with Gasteiger partial charge in [-0.05, 0) is 18.1 Å². The lowest BCUT2D eigenvalue weighted by molar-refractivity contribution is -0.139. The summed E-state index contributed by atoms with van der Waals surface area (Å²) < 4.78 is 58.5. The van der Waals surface area contributed by atoms with E-state index < -0.39 is 55.6 Å². The third kappa shape index (κ3) is 5.84. The third-order valence-corrected chi connectivity index (χ3v) is 10.5. The molecule has 2 heterocycles. The van der Waals surface area contributed by atoms with Crippen LogP contribution in [0.5, 0.6) is 0 Å². The van der Waals surface area contributed by atoms with Crippen LogP contribution in [0.4, 0.5) is 13.2 Å². The van der Waals surface area contributed by atoms with Crippen molar-refractivity contribution in [2.75, 3.05) is 13.2 Å². The summed E-state index contributed by atoms with van der Waals surface area (Å²) >= 11 is 0. The highest BCUT2D eigenvalue weighted by Gasteiger charge is 2.43. The standard InChI is InChI=1S/C21H29F3N2O6Si/c1-8-9-30-15-10-17(32-16(15)12-31-33(6,7)20(3,4)5)25-11-14(21(22,23)24)18(28)26(13(2)27)19(25)29/h1,11,15-17H,9-10,12H2,2-7H3/t15-,16+,17+/m0/s1. The molecule has 0 aromatic carbocycles. The molecule has 0 aliphatic carbocycles. The van der Waals surface area contributed by atoms with Crippen molar-refractivity contribution in [1.82, 2.24) is 9.13 Å². The minimum Gasteiger partial charge on any atom is -0.414 e. The average Bonchev–Trinajstić information content (AvgIpc) is 3.05. The zero-order valence-electron chi connectivity index (χ0n) is 19.5. The molecule has 0 bridgehead atoms. The Morgan fingerprint density at radius 1 is 1.30 bits per heavy atom. The number of nitrogens with zero attached hydrogens (tertiary/aromatic N) is 2. The van der Waals surface area contributed by atoms with Crippen LogP contribution >= 0.6 is 0 Å². The van der Waals surface area contributed by atoms with E-state index in [-0.39, 0.29) is 29.2 Å². The number of aromatic nitrogens is 2. The lowest BCUT2D eigenvalue weighted by Crippen LogP contribution is -2.46. The fraction of sp³-hybridized carbons (Fsp3) is 0.667. The largest absolute Gasteiger partial charge is 0.423 e. The number of ether oxygens (including phenoxy) is 2. The Bertz CT molecular complexity index is 1050. The molecule has 8 nitrogen and oxygen atoms in total. The van der Waals surface area contributed by atoms with E-state index in [1.54, 1.807) is 0 Å². The van der Waals surface area contributed by atoms with E-state index >= 15 is 0 Å². The lowest BCUT2D eigenvalue weighted by Gasteiger charge is -2.37. The minimum atomic E-state index is -5.08. The van der Waals surface area contributed by atoms with Crippen molar-refractivity contribution in [2.45, 2.75) is 76.9 Å². The predicted octanol–water partition coefficient (Wildman–Crippen LogP) is 3.02. The number of rotatable bonds is 6. The first-order valence-corrected chi connectivity index (χ1v) is 13.2. The van der Waals surface area contributed by atoms with E-state index in [2.05, 4.69) is 5.92 Å². The number of halogens is 3. The van der Waals surface area contributed by atoms with Crippen LogP contribution in [-0.4, -0.2) is 48.8 Å². The summed E-state index contributed by atoms with van der Waals surface area (Å²) in [5.74, 6) is 1.18. The molecule has 184 valence electrons. The van der Waals surface area contributed by atoms with Gasteiger partial charge in [0.1, 0.15) is 24.5 Å². The second kappa shape index (κ2) is 9.58. The monoisotopic (exact) mass is 490 g/mol. The van der Waals surface area contributed by atoms with E-state index in [0.717, 1.165) is 6.92 Å². The maximum Gasteiger partial charge on any atom is 0.423 e. The summed E-state index contributed by atoms with van der Waals surface area (Å²) in [5.41, 5.74) is -4.61. The normalized spacial score (nSPS) is 21.8. The molecule has 1 fully saturated rings. The molecule has 12 heteroatoms. The van der Waals surface area contributed by atoms with E-state index in [0.29, 0.717) is 10.8 Å². The number of carbonyl (C=O) groups excluding carboxylic acids is 1. The molecular weight excluding hydrogens is 461 g/mol. The van der Waals surface area contributed by atoms with Gasteiger partial charge in [0.05, 0.1) is 12.7 Å². The molecule has 1 saturated heterocycles. The van der Waals surface area contributed by atoms with Crippen LogP contribution in [0.3, 0.4) is 0 Å².